The van der Waals surface area contributed by atoms with Gasteiger partial charge in [-0.25, -0.2) is 0 Å². The Morgan fingerprint density at radius 1 is 0.298 bits per heavy atom. The molecule has 94 heavy (non-hydrogen) atoms. The van der Waals surface area contributed by atoms with Gasteiger partial charge in [-0.2, -0.15) is 0 Å². The summed E-state index contributed by atoms with van der Waals surface area (Å²) < 4.78 is 5.52. The van der Waals surface area contributed by atoms with Crippen molar-refractivity contribution in [3.63, 3.8) is 0 Å². The van der Waals surface area contributed by atoms with Gasteiger partial charge in [0.15, 0.2) is 0 Å². The van der Waals surface area contributed by atoms with Crippen LogP contribution in [0.5, 0.6) is 0 Å². The first kappa shape index (κ1) is 92.1. The summed E-state index contributed by atoms with van der Waals surface area (Å²) in [5.41, 5.74) is 0. The number of ether oxygens (including phenoxy) is 1. The largest absolute Gasteiger partial charge is 0.466 e. The summed E-state index contributed by atoms with van der Waals surface area (Å²) >= 11 is 0. The third-order valence-electron chi connectivity index (χ3n) is 20.4. The predicted molar refractivity (Wildman–Crippen MR) is 416 cm³/mol. The number of esters is 1. The van der Waals surface area contributed by atoms with E-state index in [1.807, 2.05) is 6.08 Å². The Labute approximate surface area is 589 Å². The number of unbranched alkanes of at least 4 members (excludes halogenated alkanes) is 67. The minimum Gasteiger partial charge on any atom is -0.466 e. The van der Waals surface area contributed by atoms with E-state index in [9.17, 15) is 19.8 Å². The smallest absolute Gasteiger partial charge is 0.305 e. The fourth-order valence-electron chi connectivity index (χ4n) is 13.8. The Morgan fingerprint density at radius 2 is 0.532 bits per heavy atom. The molecular formula is C88H169NO5. The summed E-state index contributed by atoms with van der Waals surface area (Å²) in [6.07, 6.45) is 110. The number of allylic oxidation sites excluding steroid dienone is 5. The lowest BCUT2D eigenvalue weighted by Gasteiger charge is -2.20. The zero-order chi connectivity index (χ0) is 67.7. The van der Waals surface area contributed by atoms with Gasteiger partial charge in [-0.3, -0.25) is 9.59 Å². The summed E-state index contributed by atoms with van der Waals surface area (Å²) in [5.74, 6) is -0.0364. The van der Waals surface area contributed by atoms with Gasteiger partial charge in [-0.15, -0.1) is 0 Å². The van der Waals surface area contributed by atoms with Gasteiger partial charge in [-0.05, 0) is 64.2 Å². The van der Waals surface area contributed by atoms with Crippen LogP contribution in [0.4, 0.5) is 0 Å². The molecule has 6 heteroatoms. The lowest BCUT2D eigenvalue weighted by Crippen LogP contribution is -2.45. The number of carbonyl (C=O) groups excluding carboxylic acids is 2. The molecular weight excluding hydrogens is 1150 g/mol. The zero-order valence-corrected chi connectivity index (χ0v) is 64.0. The Bertz CT molecular complexity index is 1520. The molecule has 1 amide bonds. The first-order valence-electron chi connectivity index (χ1n) is 43.3. The molecule has 0 spiro atoms. The maximum Gasteiger partial charge on any atom is 0.305 e. The summed E-state index contributed by atoms with van der Waals surface area (Å²) in [7, 11) is 0. The molecule has 0 aromatic heterocycles. The molecule has 0 fully saturated rings. The van der Waals surface area contributed by atoms with E-state index in [1.165, 1.54) is 417 Å². The fourth-order valence-corrected chi connectivity index (χ4v) is 13.8. The Hall–Kier alpha value is -1.92. The van der Waals surface area contributed by atoms with Crippen LogP contribution >= 0.6 is 0 Å². The van der Waals surface area contributed by atoms with Crippen LogP contribution in [0.2, 0.25) is 0 Å². The van der Waals surface area contributed by atoms with Gasteiger partial charge < -0.3 is 20.3 Å². The summed E-state index contributed by atoms with van der Waals surface area (Å²) in [5, 5.41) is 23.3. The number of aliphatic hydroxyl groups excluding tert-OH is 2. The van der Waals surface area contributed by atoms with Crippen molar-refractivity contribution < 1.29 is 24.5 Å². The zero-order valence-electron chi connectivity index (χ0n) is 64.0. The van der Waals surface area contributed by atoms with Crippen LogP contribution in [0.15, 0.2) is 36.5 Å². The highest BCUT2D eigenvalue weighted by atomic mass is 16.5. The van der Waals surface area contributed by atoms with E-state index < -0.39 is 12.1 Å². The maximum atomic E-state index is 12.6. The Morgan fingerprint density at radius 3 is 0.809 bits per heavy atom. The van der Waals surface area contributed by atoms with Crippen molar-refractivity contribution in [3.05, 3.63) is 36.5 Å². The third kappa shape index (κ3) is 79.1. The molecule has 556 valence electrons. The number of hydrogen-bond acceptors (Lipinski definition) is 5. The van der Waals surface area contributed by atoms with Crippen molar-refractivity contribution in [1.29, 1.82) is 0 Å². The lowest BCUT2D eigenvalue weighted by molar-refractivity contribution is -0.143. The SMILES string of the molecule is CCCCCCCCCCCCCCCCCCCCCCC/C=C/C(O)C(CO)NC(=O)CCCCCCCCCCCCCCCCCCC/C=C\C/C=C\CCCCCCCCCCCCCCCOC(=O)CCCCCCCCCCCCCCCCCCC. The first-order valence-corrected chi connectivity index (χ1v) is 43.3. The van der Waals surface area contributed by atoms with E-state index in [2.05, 4.69) is 43.5 Å². The Kier molecular flexibility index (Phi) is 81.8. The van der Waals surface area contributed by atoms with Gasteiger partial charge in [0.25, 0.3) is 0 Å². The van der Waals surface area contributed by atoms with Gasteiger partial charge in [0, 0.05) is 12.8 Å². The predicted octanol–water partition coefficient (Wildman–Crippen LogP) is 28.9. The van der Waals surface area contributed by atoms with E-state index in [4.69, 9.17) is 4.74 Å². The van der Waals surface area contributed by atoms with E-state index in [0.29, 0.717) is 19.4 Å². The number of amides is 1. The molecule has 0 bridgehead atoms. The van der Waals surface area contributed by atoms with Crippen molar-refractivity contribution in [1.82, 2.24) is 5.32 Å². The number of aliphatic hydroxyl groups is 2. The quantitative estimate of drug-likeness (QED) is 0.0320. The van der Waals surface area contributed by atoms with Crippen LogP contribution in [-0.2, 0) is 14.3 Å². The van der Waals surface area contributed by atoms with E-state index in [-0.39, 0.29) is 18.5 Å². The number of nitrogens with one attached hydrogen (secondary N) is 1. The highest BCUT2D eigenvalue weighted by Gasteiger charge is 2.18. The van der Waals surface area contributed by atoms with E-state index >= 15 is 0 Å². The normalized spacial score (nSPS) is 12.6. The van der Waals surface area contributed by atoms with Crippen molar-refractivity contribution in [2.45, 2.75) is 501 Å². The van der Waals surface area contributed by atoms with Crippen molar-refractivity contribution >= 4 is 11.9 Å². The average Bonchev–Trinajstić information content (AvgIpc) is 3.75. The van der Waals surface area contributed by atoms with Crippen LogP contribution in [0.25, 0.3) is 0 Å². The second kappa shape index (κ2) is 83.5. The minimum atomic E-state index is -0.844. The molecule has 6 nitrogen and oxygen atoms in total. The van der Waals surface area contributed by atoms with Crippen molar-refractivity contribution in [2.75, 3.05) is 13.2 Å². The molecule has 0 aromatic rings. The van der Waals surface area contributed by atoms with Crippen LogP contribution in [0.1, 0.15) is 489 Å². The third-order valence-corrected chi connectivity index (χ3v) is 20.4. The molecule has 0 aliphatic rings. The molecule has 0 aromatic carbocycles. The van der Waals surface area contributed by atoms with Gasteiger partial charge in [0.2, 0.25) is 5.91 Å². The molecule has 0 radical (unpaired) electrons. The summed E-state index contributed by atoms with van der Waals surface area (Å²) in [4.78, 5) is 24.7. The van der Waals surface area contributed by atoms with Crippen molar-refractivity contribution in [3.8, 4) is 0 Å². The molecule has 0 heterocycles. The summed E-state index contributed by atoms with van der Waals surface area (Å²) in [6, 6.07) is -0.628. The maximum absolute atomic E-state index is 12.6. The second-order valence-electron chi connectivity index (χ2n) is 29.9. The van der Waals surface area contributed by atoms with Crippen LogP contribution in [-0.4, -0.2) is 47.4 Å². The highest BCUT2D eigenvalue weighted by molar-refractivity contribution is 5.76. The highest BCUT2D eigenvalue weighted by Crippen LogP contribution is 2.20. The molecule has 2 atom stereocenters. The summed E-state index contributed by atoms with van der Waals surface area (Å²) in [6.45, 7) is 4.97. The molecule has 0 saturated heterocycles. The van der Waals surface area contributed by atoms with Gasteiger partial charge in [-0.1, -0.05) is 448 Å². The van der Waals surface area contributed by atoms with Crippen LogP contribution < -0.4 is 5.32 Å². The minimum absolute atomic E-state index is 0.0235. The molecule has 0 saturated carbocycles. The molecule has 0 aliphatic heterocycles. The monoisotopic (exact) mass is 1320 g/mol. The number of carbonyl (C=O) groups is 2. The second-order valence-corrected chi connectivity index (χ2v) is 29.9. The lowest BCUT2D eigenvalue weighted by atomic mass is 10.0. The van der Waals surface area contributed by atoms with E-state index in [0.717, 1.165) is 44.9 Å². The van der Waals surface area contributed by atoms with Gasteiger partial charge >= 0.3 is 5.97 Å². The van der Waals surface area contributed by atoms with E-state index in [1.54, 1.807) is 6.08 Å². The number of hydrogen-bond donors (Lipinski definition) is 3. The average molecular weight is 1320 g/mol. The molecule has 0 rings (SSSR count). The molecule has 0 aliphatic carbocycles. The molecule has 3 N–H and O–H groups in total. The topological polar surface area (TPSA) is 95.9 Å². The standard InChI is InChI=1S/C88H169NO5/c1-3-5-7-9-11-13-15-17-19-21-22-23-39-42-45-49-52-56-60-64-68-72-76-80-86(91)85(84-90)89-87(92)81-77-73-69-65-61-57-53-50-46-43-40-37-35-33-31-29-27-25-24-26-28-30-32-34-36-38-41-44-47-51-55-59-63-67-71-75-79-83-94-88(93)82-78-74-70-66-62-58-54-48-20-18-16-14-12-10-8-6-4-2/h24,26,30,32,76,80,85-86,90-91H,3-23,25,27-29,31,33-75,77-79,81-84H2,1-2H3,(H,89,92)/b26-24-,32-30-,80-76+. The molecule has 2 unspecified atom stereocenters. The van der Waals surface area contributed by atoms with Gasteiger partial charge in [0.1, 0.15) is 0 Å². The van der Waals surface area contributed by atoms with Crippen LogP contribution in [0.3, 0.4) is 0 Å². The van der Waals surface area contributed by atoms with Crippen molar-refractivity contribution in [2.24, 2.45) is 0 Å². The van der Waals surface area contributed by atoms with Crippen LogP contribution in [0, 0.1) is 0 Å². The first-order chi connectivity index (χ1) is 46.5. The fraction of sp³-hybridized carbons (Fsp3) is 0.909. The Balaban J connectivity index is 3.37. The number of rotatable bonds is 82. The van der Waals surface area contributed by atoms with Gasteiger partial charge in [0.05, 0.1) is 25.4 Å².